The molecule has 0 aliphatic heterocycles. The average Bonchev–Trinajstić information content (AvgIpc) is 2.71. The third-order valence-corrected chi connectivity index (χ3v) is 4.04. The standard InChI is InChI=1S/C20H18F2N2O5/c1-20(28,19(21)22)16(18(27)24-29)23-17(26)14-8-4-12(5-9-14)2-3-13-6-10-15(25)11-7-13/h4-11,16,19,25,28-29H,1H3,(H,23,26)(H,24,27)/t16-,20?/m1/s1. The van der Waals surface area contributed by atoms with E-state index in [4.69, 9.17) is 5.21 Å². The summed E-state index contributed by atoms with van der Waals surface area (Å²) >= 11 is 0. The molecule has 0 radical (unpaired) electrons. The van der Waals surface area contributed by atoms with Gasteiger partial charge in [0.05, 0.1) is 0 Å². The Labute approximate surface area is 164 Å². The van der Waals surface area contributed by atoms with E-state index < -0.39 is 29.9 Å². The SMILES string of the molecule is CC(O)(C(F)F)[C@H](NC(=O)c1ccc(C#Cc2ccc(O)cc2)cc1)C(=O)NO. The smallest absolute Gasteiger partial charge is 0.269 e. The molecule has 5 N–H and O–H groups in total. The highest BCUT2D eigenvalue weighted by Crippen LogP contribution is 2.20. The molecule has 0 aliphatic rings. The quantitative estimate of drug-likeness (QED) is 0.293. The molecular weight excluding hydrogens is 386 g/mol. The molecule has 29 heavy (non-hydrogen) atoms. The molecular formula is C20H18F2N2O5. The maximum Gasteiger partial charge on any atom is 0.269 e. The summed E-state index contributed by atoms with van der Waals surface area (Å²) in [6.45, 7) is 0.667. The van der Waals surface area contributed by atoms with E-state index in [1.807, 2.05) is 5.32 Å². The van der Waals surface area contributed by atoms with E-state index in [1.54, 1.807) is 12.1 Å². The lowest BCUT2D eigenvalue weighted by molar-refractivity contribution is -0.149. The predicted molar refractivity (Wildman–Crippen MR) is 98.3 cm³/mol. The van der Waals surface area contributed by atoms with E-state index in [0.29, 0.717) is 18.1 Å². The fraction of sp³-hybridized carbons (Fsp3) is 0.200. The number of nitrogens with one attached hydrogen (secondary N) is 2. The zero-order chi connectivity index (χ0) is 21.6. The zero-order valence-corrected chi connectivity index (χ0v) is 15.2. The molecule has 0 bridgehead atoms. The van der Waals surface area contributed by atoms with Gasteiger partial charge in [-0.1, -0.05) is 11.8 Å². The summed E-state index contributed by atoms with van der Waals surface area (Å²) in [6.07, 6.45) is -3.36. The molecule has 0 heterocycles. The number of aromatic hydroxyl groups is 1. The van der Waals surface area contributed by atoms with Gasteiger partial charge in [0.25, 0.3) is 18.2 Å². The van der Waals surface area contributed by atoms with Gasteiger partial charge in [-0.15, -0.1) is 0 Å². The van der Waals surface area contributed by atoms with Crippen LogP contribution in [0.25, 0.3) is 0 Å². The second kappa shape index (κ2) is 9.14. The van der Waals surface area contributed by atoms with Crippen molar-refractivity contribution in [1.82, 2.24) is 10.8 Å². The molecule has 9 heteroatoms. The van der Waals surface area contributed by atoms with Crippen LogP contribution in [0.3, 0.4) is 0 Å². The molecule has 1 unspecified atom stereocenters. The number of hydrogen-bond donors (Lipinski definition) is 5. The topological polar surface area (TPSA) is 119 Å². The largest absolute Gasteiger partial charge is 0.508 e. The molecule has 2 amide bonds. The fourth-order valence-corrected chi connectivity index (χ4v) is 2.28. The molecule has 0 saturated carbocycles. The molecule has 0 aliphatic carbocycles. The molecule has 2 rings (SSSR count). The summed E-state index contributed by atoms with van der Waals surface area (Å²) in [5.74, 6) is 3.54. The Morgan fingerprint density at radius 3 is 1.93 bits per heavy atom. The molecule has 7 nitrogen and oxygen atoms in total. The van der Waals surface area contributed by atoms with Crippen LogP contribution in [0, 0.1) is 11.8 Å². The minimum absolute atomic E-state index is 0.0287. The Kier molecular flexibility index (Phi) is 6.88. The number of halogens is 2. The number of aliphatic hydroxyl groups is 1. The highest BCUT2D eigenvalue weighted by Gasteiger charge is 2.46. The maximum absolute atomic E-state index is 13.0. The summed E-state index contributed by atoms with van der Waals surface area (Å²) < 4.78 is 26.0. The van der Waals surface area contributed by atoms with Crippen molar-refractivity contribution in [3.8, 4) is 17.6 Å². The van der Waals surface area contributed by atoms with E-state index in [2.05, 4.69) is 11.8 Å². The van der Waals surface area contributed by atoms with Crippen molar-refractivity contribution in [1.29, 1.82) is 0 Å². The second-order valence-electron chi connectivity index (χ2n) is 6.28. The van der Waals surface area contributed by atoms with Crippen LogP contribution in [0.15, 0.2) is 48.5 Å². The first-order chi connectivity index (χ1) is 13.6. The lowest BCUT2D eigenvalue weighted by Gasteiger charge is -2.30. The van der Waals surface area contributed by atoms with Gasteiger partial charge in [-0.05, 0) is 55.5 Å². The number of phenolic OH excluding ortho intramolecular Hbond substituents is 1. The minimum atomic E-state index is -3.36. The third kappa shape index (κ3) is 5.51. The first-order valence-electron chi connectivity index (χ1n) is 8.31. The molecule has 2 atom stereocenters. The van der Waals surface area contributed by atoms with Crippen LogP contribution in [-0.2, 0) is 4.79 Å². The number of carbonyl (C=O) groups is 2. The van der Waals surface area contributed by atoms with Gasteiger partial charge >= 0.3 is 0 Å². The van der Waals surface area contributed by atoms with Crippen molar-refractivity contribution in [3.63, 3.8) is 0 Å². The number of rotatable bonds is 5. The number of hydroxylamine groups is 1. The molecule has 0 spiro atoms. The predicted octanol–water partition coefficient (Wildman–Crippen LogP) is 1.41. The number of hydrogen-bond acceptors (Lipinski definition) is 5. The summed E-state index contributed by atoms with van der Waals surface area (Å²) in [5.41, 5.74) is -0.511. The number of phenols is 1. The Morgan fingerprint density at radius 2 is 1.48 bits per heavy atom. The van der Waals surface area contributed by atoms with E-state index in [1.165, 1.54) is 36.4 Å². The van der Waals surface area contributed by atoms with Crippen LogP contribution < -0.4 is 10.8 Å². The van der Waals surface area contributed by atoms with E-state index in [0.717, 1.165) is 5.48 Å². The van der Waals surface area contributed by atoms with Gasteiger partial charge in [-0.25, -0.2) is 14.3 Å². The fourth-order valence-electron chi connectivity index (χ4n) is 2.28. The summed E-state index contributed by atoms with van der Waals surface area (Å²) in [7, 11) is 0. The van der Waals surface area contributed by atoms with Gasteiger partial charge in [-0.2, -0.15) is 0 Å². The van der Waals surface area contributed by atoms with Crippen LogP contribution >= 0.6 is 0 Å². The number of carbonyl (C=O) groups excluding carboxylic acids is 2. The van der Waals surface area contributed by atoms with Crippen molar-refractivity contribution in [2.45, 2.75) is 25.0 Å². The van der Waals surface area contributed by atoms with Crippen LogP contribution in [0.5, 0.6) is 5.75 Å². The lowest BCUT2D eigenvalue weighted by atomic mass is 9.95. The van der Waals surface area contributed by atoms with Gasteiger partial charge in [0.1, 0.15) is 11.8 Å². The van der Waals surface area contributed by atoms with Crippen molar-refractivity contribution >= 4 is 11.8 Å². The number of amides is 2. The van der Waals surface area contributed by atoms with Gasteiger partial charge in [0, 0.05) is 16.7 Å². The van der Waals surface area contributed by atoms with Crippen molar-refractivity contribution < 1.29 is 33.8 Å². The summed E-state index contributed by atoms with van der Waals surface area (Å²) in [5, 5.41) is 29.7. The monoisotopic (exact) mass is 404 g/mol. The van der Waals surface area contributed by atoms with Crippen LogP contribution in [0.4, 0.5) is 8.78 Å². The number of benzene rings is 2. The van der Waals surface area contributed by atoms with Crippen LogP contribution in [0.2, 0.25) is 0 Å². The van der Waals surface area contributed by atoms with Gasteiger partial charge in [-0.3, -0.25) is 14.8 Å². The average molecular weight is 404 g/mol. The Balaban J connectivity index is 2.15. The molecule has 0 saturated heterocycles. The summed E-state index contributed by atoms with van der Waals surface area (Å²) in [6, 6.07) is 9.90. The van der Waals surface area contributed by atoms with Crippen LogP contribution in [0.1, 0.15) is 28.4 Å². The third-order valence-electron chi connectivity index (χ3n) is 4.04. The van der Waals surface area contributed by atoms with Gasteiger partial charge in [0.2, 0.25) is 0 Å². The minimum Gasteiger partial charge on any atom is -0.508 e. The summed E-state index contributed by atoms with van der Waals surface area (Å²) in [4.78, 5) is 23.9. The van der Waals surface area contributed by atoms with Crippen molar-refractivity contribution in [3.05, 3.63) is 65.2 Å². The number of alkyl halides is 2. The first-order valence-corrected chi connectivity index (χ1v) is 8.31. The molecule has 2 aromatic rings. The second-order valence-corrected chi connectivity index (χ2v) is 6.28. The molecule has 0 fully saturated rings. The Hall–Kier alpha value is -3.48. The van der Waals surface area contributed by atoms with E-state index in [-0.39, 0.29) is 11.3 Å². The highest BCUT2D eigenvalue weighted by molar-refractivity contribution is 5.97. The Bertz CT molecular complexity index is 932. The molecule has 2 aromatic carbocycles. The molecule has 152 valence electrons. The van der Waals surface area contributed by atoms with Gasteiger partial charge in [0.15, 0.2) is 5.60 Å². The Morgan fingerprint density at radius 1 is 1.00 bits per heavy atom. The van der Waals surface area contributed by atoms with E-state index >= 15 is 0 Å². The maximum atomic E-state index is 13.0. The molecule has 0 aromatic heterocycles. The highest BCUT2D eigenvalue weighted by atomic mass is 19.3. The zero-order valence-electron chi connectivity index (χ0n) is 15.2. The van der Waals surface area contributed by atoms with Crippen molar-refractivity contribution in [2.75, 3.05) is 0 Å². The lowest BCUT2D eigenvalue weighted by Crippen LogP contribution is -2.61. The first kappa shape index (κ1) is 21.8. The van der Waals surface area contributed by atoms with E-state index in [9.17, 15) is 28.6 Å². The van der Waals surface area contributed by atoms with Crippen LogP contribution in [-0.4, -0.2) is 45.3 Å². The normalized spacial score (nSPS) is 13.6. The van der Waals surface area contributed by atoms with Gasteiger partial charge < -0.3 is 15.5 Å². The van der Waals surface area contributed by atoms with Crippen molar-refractivity contribution in [2.24, 2.45) is 0 Å².